The molecule has 9 rings (SSSR count). The Hall–Kier alpha value is -5.40. The van der Waals surface area contributed by atoms with Gasteiger partial charge in [-0.15, -0.1) is 0 Å². The van der Waals surface area contributed by atoms with Gasteiger partial charge >= 0.3 is 0 Å². The van der Waals surface area contributed by atoms with Crippen LogP contribution < -0.4 is 4.90 Å². The van der Waals surface area contributed by atoms with Crippen LogP contribution in [-0.2, 0) is 5.41 Å². The summed E-state index contributed by atoms with van der Waals surface area (Å²) >= 11 is 0. The molecule has 0 aliphatic heterocycles. The second-order valence-electron chi connectivity index (χ2n) is 16.9. The van der Waals surface area contributed by atoms with Gasteiger partial charge in [-0.1, -0.05) is 152 Å². The first-order chi connectivity index (χ1) is 26.7. The maximum atomic E-state index is 2.55. The Kier molecular flexibility index (Phi) is 8.61. The lowest BCUT2D eigenvalue weighted by Gasteiger charge is -2.33. The highest BCUT2D eigenvalue weighted by Crippen LogP contribution is 2.60. The molecular weight excluding hydrogens is 663 g/mol. The van der Waals surface area contributed by atoms with E-state index in [2.05, 4.69) is 194 Å². The predicted octanol–water partition coefficient (Wildman–Crippen LogP) is 16.2. The van der Waals surface area contributed by atoms with Gasteiger partial charge < -0.3 is 4.90 Å². The monoisotopic (exact) mass is 715 g/mol. The van der Waals surface area contributed by atoms with Crippen LogP contribution in [0.2, 0.25) is 0 Å². The van der Waals surface area contributed by atoms with Crippen molar-refractivity contribution in [3.8, 4) is 11.1 Å². The van der Waals surface area contributed by atoms with E-state index in [1.165, 1.54) is 99.1 Å². The average Bonchev–Trinajstić information content (AvgIpc) is 3.51. The summed E-state index contributed by atoms with van der Waals surface area (Å²) in [6, 6.07) is 51.5. The predicted molar refractivity (Wildman–Crippen MR) is 240 cm³/mol. The maximum absolute atomic E-state index is 2.55. The van der Waals surface area contributed by atoms with Crippen molar-refractivity contribution in [1.82, 2.24) is 0 Å². The molecule has 0 N–H and O–H groups in total. The highest BCUT2D eigenvalue weighted by molar-refractivity contribution is 6.35. The van der Waals surface area contributed by atoms with Crippen LogP contribution in [-0.4, -0.2) is 0 Å². The lowest BCUT2D eigenvalue weighted by Crippen LogP contribution is -2.24. The van der Waals surface area contributed by atoms with Gasteiger partial charge in [0.05, 0.1) is 0 Å². The molecule has 8 aromatic carbocycles. The van der Waals surface area contributed by atoms with E-state index in [4.69, 9.17) is 0 Å². The van der Waals surface area contributed by atoms with Crippen molar-refractivity contribution in [2.75, 3.05) is 4.90 Å². The van der Waals surface area contributed by atoms with Crippen molar-refractivity contribution >= 4 is 60.2 Å². The fourth-order valence-corrected chi connectivity index (χ4v) is 9.91. The summed E-state index contributed by atoms with van der Waals surface area (Å²) in [5.74, 6) is 1.43. The largest absolute Gasteiger partial charge is 0.310 e. The van der Waals surface area contributed by atoms with E-state index in [1.54, 1.807) is 0 Å². The van der Waals surface area contributed by atoms with E-state index < -0.39 is 0 Å². The van der Waals surface area contributed by atoms with Gasteiger partial charge in [0.15, 0.2) is 0 Å². The molecule has 0 fully saturated rings. The highest BCUT2D eigenvalue weighted by atomic mass is 15.1. The van der Waals surface area contributed by atoms with E-state index in [-0.39, 0.29) is 5.41 Å². The molecule has 274 valence electrons. The maximum Gasteiger partial charge on any atom is 0.0465 e. The highest BCUT2D eigenvalue weighted by Gasteiger charge is 2.44. The van der Waals surface area contributed by atoms with Crippen LogP contribution in [0.5, 0.6) is 0 Å². The number of hydrogen-bond acceptors (Lipinski definition) is 1. The third-order valence-corrected chi connectivity index (χ3v) is 13.0. The molecule has 0 spiro atoms. The molecule has 1 aliphatic carbocycles. The summed E-state index contributed by atoms with van der Waals surface area (Å²) in [6.45, 7) is 18.5. The first kappa shape index (κ1) is 35.3. The van der Waals surface area contributed by atoms with E-state index in [1.807, 2.05) is 0 Å². The molecule has 1 aliphatic rings. The first-order valence-electron chi connectivity index (χ1n) is 20.6. The van der Waals surface area contributed by atoms with Gasteiger partial charge in [0.1, 0.15) is 0 Å². The fourth-order valence-electron chi connectivity index (χ4n) is 9.91. The van der Waals surface area contributed by atoms with Crippen LogP contribution in [0.25, 0.3) is 54.2 Å². The molecule has 0 amide bonds. The van der Waals surface area contributed by atoms with Crippen LogP contribution in [0, 0.1) is 0 Å². The lowest BCUT2D eigenvalue weighted by atomic mass is 9.71. The topological polar surface area (TPSA) is 3.24 Å². The standard InChI is InChI=1S/C54H53N/c1-9-54(10-2)49-32-41(55(39-24-19-36(20-25-39)33(3)4)40-26-21-37(22-27-40)34(5)6)28-30-47(49)51-45-18-14-13-17-44(45)50-46-29-23-38(35(7)8)31-48(46)42-15-11-12-16-43(42)52(50)53(51)54/h11-35H,9-10H2,1-8H3. The quantitative estimate of drug-likeness (QED) is 0.142. The zero-order chi connectivity index (χ0) is 38.2. The molecule has 0 bridgehead atoms. The first-order valence-corrected chi connectivity index (χ1v) is 20.6. The molecule has 0 atom stereocenters. The van der Waals surface area contributed by atoms with Crippen LogP contribution >= 0.6 is 0 Å². The van der Waals surface area contributed by atoms with Gasteiger partial charge in [0.25, 0.3) is 0 Å². The van der Waals surface area contributed by atoms with Crippen molar-refractivity contribution in [2.24, 2.45) is 0 Å². The fraction of sp³-hybridized carbons (Fsp3) is 0.259. The van der Waals surface area contributed by atoms with Crippen molar-refractivity contribution in [1.29, 1.82) is 0 Å². The number of nitrogens with zero attached hydrogens (tertiary/aromatic N) is 1. The van der Waals surface area contributed by atoms with E-state index >= 15 is 0 Å². The summed E-state index contributed by atoms with van der Waals surface area (Å²) in [7, 11) is 0. The van der Waals surface area contributed by atoms with E-state index in [0.29, 0.717) is 17.8 Å². The van der Waals surface area contributed by atoms with Crippen molar-refractivity contribution in [3.05, 3.63) is 161 Å². The molecule has 0 heterocycles. The van der Waals surface area contributed by atoms with Gasteiger partial charge in [-0.25, -0.2) is 0 Å². The molecule has 55 heavy (non-hydrogen) atoms. The molecule has 1 heteroatoms. The third kappa shape index (κ3) is 5.34. The van der Waals surface area contributed by atoms with Crippen LogP contribution in [0.15, 0.2) is 133 Å². The zero-order valence-corrected chi connectivity index (χ0v) is 33.8. The molecule has 0 saturated heterocycles. The van der Waals surface area contributed by atoms with Crippen LogP contribution in [0.3, 0.4) is 0 Å². The minimum atomic E-state index is -0.161. The number of anilines is 3. The molecule has 0 saturated carbocycles. The summed E-state index contributed by atoms with van der Waals surface area (Å²) in [5.41, 5.74) is 13.3. The summed E-state index contributed by atoms with van der Waals surface area (Å²) in [4.78, 5) is 2.47. The van der Waals surface area contributed by atoms with Crippen molar-refractivity contribution in [3.63, 3.8) is 0 Å². The van der Waals surface area contributed by atoms with Crippen LogP contribution in [0.4, 0.5) is 17.1 Å². The second-order valence-corrected chi connectivity index (χ2v) is 16.9. The van der Waals surface area contributed by atoms with Gasteiger partial charge in [-0.05, 0) is 149 Å². The van der Waals surface area contributed by atoms with Gasteiger partial charge in [-0.3, -0.25) is 0 Å². The van der Waals surface area contributed by atoms with Gasteiger partial charge in [-0.2, -0.15) is 0 Å². The molecule has 8 aromatic rings. The normalized spacial score (nSPS) is 13.5. The van der Waals surface area contributed by atoms with Crippen LogP contribution in [0.1, 0.15) is 114 Å². The molecule has 0 radical (unpaired) electrons. The Morgan fingerprint density at radius 2 is 0.909 bits per heavy atom. The summed E-state index contributed by atoms with van der Waals surface area (Å²) < 4.78 is 0. The molecular formula is C54H53N. The smallest absolute Gasteiger partial charge is 0.0465 e. The Balaban J connectivity index is 1.36. The molecule has 0 aromatic heterocycles. The SMILES string of the molecule is CCC1(CC)c2cc(N(c3ccc(C(C)C)cc3)c3ccc(C(C)C)cc3)ccc2-c2c1c1c3ccccc3c3cc(C(C)C)ccc3c1c1ccccc21. The molecule has 1 nitrogen and oxygen atoms in total. The minimum absolute atomic E-state index is 0.161. The van der Waals surface area contributed by atoms with Crippen molar-refractivity contribution < 1.29 is 0 Å². The number of fused-ring (bicyclic) bond motifs is 13. The van der Waals surface area contributed by atoms with E-state index in [0.717, 1.165) is 12.8 Å². The number of benzene rings is 8. The Bertz CT molecular complexity index is 2690. The average molecular weight is 716 g/mol. The number of rotatable bonds is 8. The van der Waals surface area contributed by atoms with Gasteiger partial charge in [0, 0.05) is 22.5 Å². The Morgan fingerprint density at radius 1 is 0.436 bits per heavy atom. The minimum Gasteiger partial charge on any atom is -0.310 e. The van der Waals surface area contributed by atoms with Gasteiger partial charge in [0.2, 0.25) is 0 Å². The summed E-state index contributed by atoms with van der Waals surface area (Å²) in [5, 5.41) is 11.0. The number of hydrogen-bond donors (Lipinski definition) is 0. The zero-order valence-electron chi connectivity index (χ0n) is 33.8. The van der Waals surface area contributed by atoms with E-state index in [9.17, 15) is 0 Å². The Labute approximate surface area is 327 Å². The van der Waals surface area contributed by atoms with Crippen molar-refractivity contribution in [2.45, 2.75) is 91.4 Å². The summed E-state index contributed by atoms with van der Waals surface area (Å²) in [6.07, 6.45) is 2.04. The third-order valence-electron chi connectivity index (χ3n) is 13.0. The second kappa shape index (κ2) is 13.4. The molecule has 0 unspecified atom stereocenters. The Morgan fingerprint density at radius 3 is 1.45 bits per heavy atom. The lowest BCUT2D eigenvalue weighted by molar-refractivity contribution is 0.494.